The summed E-state index contributed by atoms with van der Waals surface area (Å²) in [6.45, 7) is 1.58. The van der Waals surface area contributed by atoms with Crippen LogP contribution in [0.15, 0.2) is 12.4 Å². The third-order valence-electron chi connectivity index (χ3n) is 1.46. The minimum absolute atomic E-state index is 0.197. The number of halogens is 4. The van der Waals surface area contributed by atoms with E-state index in [0.717, 1.165) is 5.56 Å². The van der Waals surface area contributed by atoms with Crippen LogP contribution in [-0.2, 0) is 6.54 Å². The van der Waals surface area contributed by atoms with Crippen molar-refractivity contribution in [2.45, 2.75) is 24.5 Å². The van der Waals surface area contributed by atoms with Gasteiger partial charge in [-0.25, -0.2) is 0 Å². The molecule has 0 fully saturated rings. The Morgan fingerprint density at radius 2 is 2.23 bits per heavy atom. The summed E-state index contributed by atoms with van der Waals surface area (Å²) in [7, 11) is 0. The third-order valence-corrected chi connectivity index (χ3v) is 2.27. The molecule has 0 aliphatic carbocycles. The fraction of sp³-hybridized carbons (Fsp3) is 0.571. The van der Waals surface area contributed by atoms with Crippen molar-refractivity contribution in [3.8, 4) is 0 Å². The summed E-state index contributed by atoms with van der Waals surface area (Å²) in [5, 5.41) is 3.76. The van der Waals surface area contributed by atoms with E-state index in [2.05, 4.69) is 21.0 Å². The normalized spacial score (nSPS) is 14.5. The van der Waals surface area contributed by atoms with Crippen molar-refractivity contribution in [2.24, 2.45) is 0 Å². The molecule has 0 amide bonds. The molecule has 2 nitrogen and oxygen atoms in total. The Labute approximate surface area is 81.9 Å². The standard InChI is InChI=1S/C7H8BrF3N2/c1-5-2-12-13(3-5)4-6(8)7(9,10)11/h2-3,6H,4H2,1H3. The second-order valence-electron chi connectivity index (χ2n) is 2.75. The lowest BCUT2D eigenvalue weighted by Gasteiger charge is -2.13. The van der Waals surface area contributed by atoms with Gasteiger partial charge in [0.1, 0.15) is 4.83 Å². The van der Waals surface area contributed by atoms with E-state index in [4.69, 9.17) is 0 Å². The monoisotopic (exact) mass is 256 g/mol. The molecule has 1 atom stereocenters. The first kappa shape index (κ1) is 10.6. The molecule has 0 N–H and O–H groups in total. The molecule has 1 rings (SSSR count). The minimum atomic E-state index is -4.22. The van der Waals surface area contributed by atoms with Gasteiger partial charge in [-0.2, -0.15) is 18.3 Å². The van der Waals surface area contributed by atoms with Gasteiger partial charge in [0.05, 0.1) is 12.7 Å². The Kier molecular flexibility index (Phi) is 3.00. The molecule has 13 heavy (non-hydrogen) atoms. The molecule has 0 spiro atoms. The zero-order chi connectivity index (χ0) is 10.1. The average molecular weight is 257 g/mol. The molecule has 0 aliphatic rings. The van der Waals surface area contributed by atoms with E-state index in [1.54, 1.807) is 13.1 Å². The van der Waals surface area contributed by atoms with Gasteiger partial charge < -0.3 is 0 Å². The molecule has 74 valence electrons. The van der Waals surface area contributed by atoms with Gasteiger partial charge in [0.2, 0.25) is 0 Å². The lowest BCUT2D eigenvalue weighted by molar-refractivity contribution is -0.129. The molecule has 0 saturated carbocycles. The van der Waals surface area contributed by atoms with Gasteiger partial charge in [-0.1, -0.05) is 15.9 Å². The van der Waals surface area contributed by atoms with Crippen molar-refractivity contribution < 1.29 is 13.2 Å². The maximum atomic E-state index is 12.1. The van der Waals surface area contributed by atoms with Crippen LogP contribution in [0.1, 0.15) is 5.56 Å². The highest BCUT2D eigenvalue weighted by Crippen LogP contribution is 2.27. The van der Waals surface area contributed by atoms with E-state index in [0.29, 0.717) is 0 Å². The molecular weight excluding hydrogens is 249 g/mol. The van der Waals surface area contributed by atoms with Crippen LogP contribution in [-0.4, -0.2) is 20.8 Å². The first-order valence-electron chi connectivity index (χ1n) is 3.59. The number of nitrogens with zero attached hydrogens (tertiary/aromatic N) is 2. The van der Waals surface area contributed by atoms with Gasteiger partial charge in [-0.15, -0.1) is 0 Å². The molecule has 0 saturated heterocycles. The SMILES string of the molecule is Cc1cnn(CC(Br)C(F)(F)F)c1. The number of hydrogen-bond donors (Lipinski definition) is 0. The molecule has 0 aliphatic heterocycles. The molecule has 6 heteroatoms. The summed E-state index contributed by atoms with van der Waals surface area (Å²) >= 11 is 2.56. The topological polar surface area (TPSA) is 17.8 Å². The van der Waals surface area contributed by atoms with Gasteiger partial charge >= 0.3 is 6.18 Å². The highest BCUT2D eigenvalue weighted by atomic mass is 79.9. The summed E-state index contributed by atoms with van der Waals surface area (Å²) in [6.07, 6.45) is -1.13. The fourth-order valence-corrected chi connectivity index (χ4v) is 1.13. The molecule has 0 bridgehead atoms. The summed E-state index contributed by atoms with van der Waals surface area (Å²) in [5.41, 5.74) is 0.849. The van der Waals surface area contributed by atoms with Gasteiger partial charge in [0, 0.05) is 6.20 Å². The minimum Gasteiger partial charge on any atom is -0.271 e. The second kappa shape index (κ2) is 3.69. The summed E-state index contributed by atoms with van der Waals surface area (Å²) in [6, 6.07) is 0. The van der Waals surface area contributed by atoms with Crippen LogP contribution in [0.5, 0.6) is 0 Å². The van der Waals surface area contributed by atoms with E-state index in [1.807, 2.05) is 0 Å². The summed E-state index contributed by atoms with van der Waals surface area (Å²) in [4.78, 5) is -1.54. The summed E-state index contributed by atoms with van der Waals surface area (Å²) in [5.74, 6) is 0. The van der Waals surface area contributed by atoms with Crippen LogP contribution in [0.4, 0.5) is 13.2 Å². The van der Waals surface area contributed by atoms with Crippen LogP contribution < -0.4 is 0 Å². The Balaban J connectivity index is 2.60. The van der Waals surface area contributed by atoms with Crippen molar-refractivity contribution in [3.63, 3.8) is 0 Å². The molecule has 0 radical (unpaired) electrons. The number of alkyl halides is 4. The molecule has 1 aromatic rings. The van der Waals surface area contributed by atoms with Crippen molar-refractivity contribution in [2.75, 3.05) is 0 Å². The number of hydrogen-bond acceptors (Lipinski definition) is 1. The van der Waals surface area contributed by atoms with E-state index in [9.17, 15) is 13.2 Å². The molecule has 0 aromatic carbocycles. The van der Waals surface area contributed by atoms with Crippen LogP contribution in [0.2, 0.25) is 0 Å². The van der Waals surface area contributed by atoms with Crippen LogP contribution >= 0.6 is 15.9 Å². The van der Waals surface area contributed by atoms with Crippen LogP contribution in [0.3, 0.4) is 0 Å². The van der Waals surface area contributed by atoms with E-state index in [1.165, 1.54) is 10.9 Å². The highest BCUT2D eigenvalue weighted by molar-refractivity contribution is 9.09. The zero-order valence-corrected chi connectivity index (χ0v) is 8.43. The number of rotatable bonds is 2. The maximum absolute atomic E-state index is 12.1. The van der Waals surface area contributed by atoms with Crippen molar-refractivity contribution in [3.05, 3.63) is 18.0 Å². The number of aromatic nitrogens is 2. The van der Waals surface area contributed by atoms with Crippen LogP contribution in [0, 0.1) is 6.92 Å². The van der Waals surface area contributed by atoms with E-state index < -0.39 is 11.0 Å². The van der Waals surface area contributed by atoms with Crippen molar-refractivity contribution >= 4 is 15.9 Å². The van der Waals surface area contributed by atoms with Crippen molar-refractivity contribution in [1.82, 2.24) is 9.78 Å². The lowest BCUT2D eigenvalue weighted by Crippen LogP contribution is -2.27. The Morgan fingerprint density at radius 1 is 1.62 bits per heavy atom. The van der Waals surface area contributed by atoms with Gasteiger partial charge in [-0.3, -0.25) is 4.68 Å². The molecule has 1 aromatic heterocycles. The maximum Gasteiger partial charge on any atom is 0.403 e. The molecule has 1 heterocycles. The summed E-state index contributed by atoms with van der Waals surface area (Å²) < 4.78 is 37.4. The molecule has 1 unspecified atom stereocenters. The first-order chi connectivity index (χ1) is 5.89. The zero-order valence-electron chi connectivity index (χ0n) is 6.85. The predicted molar refractivity (Wildman–Crippen MR) is 45.7 cm³/mol. The Bertz CT molecular complexity index is 282. The smallest absolute Gasteiger partial charge is 0.271 e. The average Bonchev–Trinajstić information content (AvgIpc) is 2.33. The second-order valence-corrected chi connectivity index (χ2v) is 3.85. The highest BCUT2D eigenvalue weighted by Gasteiger charge is 2.37. The Morgan fingerprint density at radius 3 is 2.62 bits per heavy atom. The van der Waals surface area contributed by atoms with Gasteiger partial charge in [0.25, 0.3) is 0 Å². The van der Waals surface area contributed by atoms with Gasteiger partial charge in [0.15, 0.2) is 0 Å². The molecular formula is C7H8BrF3N2. The van der Waals surface area contributed by atoms with E-state index >= 15 is 0 Å². The first-order valence-corrected chi connectivity index (χ1v) is 4.51. The number of aryl methyl sites for hydroxylation is 1. The van der Waals surface area contributed by atoms with Gasteiger partial charge in [-0.05, 0) is 12.5 Å². The lowest BCUT2D eigenvalue weighted by atomic mass is 10.4. The fourth-order valence-electron chi connectivity index (χ4n) is 0.835. The quantitative estimate of drug-likeness (QED) is 0.744. The largest absolute Gasteiger partial charge is 0.403 e. The third kappa shape index (κ3) is 3.02. The Hall–Kier alpha value is -0.520. The van der Waals surface area contributed by atoms with Crippen molar-refractivity contribution in [1.29, 1.82) is 0 Å². The van der Waals surface area contributed by atoms with E-state index in [-0.39, 0.29) is 6.54 Å². The van der Waals surface area contributed by atoms with Crippen LogP contribution in [0.25, 0.3) is 0 Å². The predicted octanol–water partition coefficient (Wildman–Crippen LogP) is 2.52.